The van der Waals surface area contributed by atoms with Gasteiger partial charge < -0.3 is 19.7 Å². The van der Waals surface area contributed by atoms with Crippen molar-refractivity contribution in [1.82, 2.24) is 4.90 Å². The smallest absolute Gasteiger partial charge is 0.262 e. The molecule has 3 rings (SSSR count). The maximum atomic E-state index is 12.5. The number of halogens is 1. The minimum Gasteiger partial charge on any atom is -0.483 e. The molecule has 6 nitrogen and oxygen atoms in total. The zero-order valence-corrected chi connectivity index (χ0v) is 16.6. The van der Waals surface area contributed by atoms with Crippen LogP contribution in [-0.2, 0) is 9.53 Å². The SMILES string of the molecule is Cc1ccc(OCC(=O)Nc2cccc(C(=O)N3CCOCC3)c2)c(Br)c1. The molecule has 1 aliphatic heterocycles. The molecule has 1 saturated heterocycles. The highest BCUT2D eigenvalue weighted by Crippen LogP contribution is 2.25. The molecular weight excluding hydrogens is 412 g/mol. The fourth-order valence-electron chi connectivity index (χ4n) is 2.74. The van der Waals surface area contributed by atoms with Crippen LogP contribution < -0.4 is 10.1 Å². The fourth-order valence-corrected chi connectivity index (χ4v) is 3.35. The van der Waals surface area contributed by atoms with Crippen LogP contribution in [0, 0.1) is 6.92 Å². The lowest BCUT2D eigenvalue weighted by Gasteiger charge is -2.27. The second-order valence-electron chi connectivity index (χ2n) is 6.26. The Hall–Kier alpha value is -2.38. The molecule has 0 saturated carbocycles. The van der Waals surface area contributed by atoms with E-state index in [1.54, 1.807) is 29.2 Å². The highest BCUT2D eigenvalue weighted by atomic mass is 79.9. The highest BCUT2D eigenvalue weighted by molar-refractivity contribution is 9.10. The van der Waals surface area contributed by atoms with Crippen molar-refractivity contribution in [3.05, 3.63) is 58.1 Å². The van der Waals surface area contributed by atoms with E-state index in [4.69, 9.17) is 9.47 Å². The Bertz CT molecular complexity index is 834. The van der Waals surface area contributed by atoms with Crippen molar-refractivity contribution in [3.63, 3.8) is 0 Å². The molecule has 0 spiro atoms. The van der Waals surface area contributed by atoms with E-state index in [-0.39, 0.29) is 18.4 Å². The van der Waals surface area contributed by atoms with Gasteiger partial charge in [0.05, 0.1) is 17.7 Å². The van der Waals surface area contributed by atoms with Gasteiger partial charge in [-0.3, -0.25) is 9.59 Å². The molecule has 0 radical (unpaired) electrons. The lowest BCUT2D eigenvalue weighted by atomic mass is 10.1. The van der Waals surface area contributed by atoms with Crippen molar-refractivity contribution in [2.75, 3.05) is 38.2 Å². The maximum absolute atomic E-state index is 12.5. The predicted octanol–water partition coefficient (Wildman–Crippen LogP) is 3.25. The molecule has 0 unspecified atom stereocenters. The Kier molecular flexibility index (Phi) is 6.47. The zero-order chi connectivity index (χ0) is 19.2. The minimum absolute atomic E-state index is 0.0609. The summed E-state index contributed by atoms with van der Waals surface area (Å²) in [6.45, 7) is 4.11. The summed E-state index contributed by atoms with van der Waals surface area (Å²) < 4.78 is 11.6. The van der Waals surface area contributed by atoms with Crippen LogP contribution in [0.1, 0.15) is 15.9 Å². The van der Waals surface area contributed by atoms with Crippen LogP contribution in [0.15, 0.2) is 46.9 Å². The molecule has 0 atom stereocenters. The Labute approximate surface area is 166 Å². The van der Waals surface area contributed by atoms with Gasteiger partial charge in [-0.2, -0.15) is 0 Å². The summed E-state index contributed by atoms with van der Waals surface area (Å²) in [5.74, 6) is 0.250. The van der Waals surface area contributed by atoms with Crippen LogP contribution in [-0.4, -0.2) is 49.6 Å². The molecule has 1 heterocycles. The van der Waals surface area contributed by atoms with E-state index in [1.165, 1.54) is 0 Å². The van der Waals surface area contributed by atoms with Gasteiger partial charge in [0, 0.05) is 24.3 Å². The van der Waals surface area contributed by atoms with Crippen LogP contribution >= 0.6 is 15.9 Å². The van der Waals surface area contributed by atoms with Crippen molar-refractivity contribution in [2.24, 2.45) is 0 Å². The Balaban J connectivity index is 1.58. The van der Waals surface area contributed by atoms with Gasteiger partial charge >= 0.3 is 0 Å². The Morgan fingerprint density at radius 2 is 1.96 bits per heavy atom. The average Bonchev–Trinajstić information content (AvgIpc) is 2.67. The number of nitrogens with one attached hydrogen (secondary N) is 1. The van der Waals surface area contributed by atoms with Crippen molar-refractivity contribution < 1.29 is 19.1 Å². The quantitative estimate of drug-likeness (QED) is 0.787. The van der Waals surface area contributed by atoms with Crippen LogP contribution in [0.25, 0.3) is 0 Å². The first-order valence-corrected chi connectivity index (χ1v) is 9.48. The van der Waals surface area contributed by atoms with Gasteiger partial charge in [-0.1, -0.05) is 12.1 Å². The number of nitrogens with zero attached hydrogens (tertiary/aromatic N) is 1. The molecule has 142 valence electrons. The molecule has 2 amide bonds. The van der Waals surface area contributed by atoms with Crippen LogP contribution in [0.5, 0.6) is 5.75 Å². The third-order valence-electron chi connectivity index (χ3n) is 4.14. The first kappa shape index (κ1) is 19.4. The van der Waals surface area contributed by atoms with E-state index in [2.05, 4.69) is 21.2 Å². The zero-order valence-electron chi connectivity index (χ0n) is 15.0. The Morgan fingerprint density at radius 1 is 1.19 bits per heavy atom. The van der Waals surface area contributed by atoms with Crippen molar-refractivity contribution in [2.45, 2.75) is 6.92 Å². The normalized spacial score (nSPS) is 13.9. The molecule has 0 aromatic heterocycles. The third-order valence-corrected chi connectivity index (χ3v) is 4.76. The van der Waals surface area contributed by atoms with Gasteiger partial charge in [0.1, 0.15) is 5.75 Å². The van der Waals surface area contributed by atoms with Crippen LogP contribution in [0.4, 0.5) is 5.69 Å². The number of hydrogen-bond donors (Lipinski definition) is 1. The summed E-state index contributed by atoms with van der Waals surface area (Å²) in [5, 5.41) is 2.77. The van der Waals surface area contributed by atoms with Crippen molar-refractivity contribution in [1.29, 1.82) is 0 Å². The van der Waals surface area contributed by atoms with Gasteiger partial charge in [0.2, 0.25) is 0 Å². The van der Waals surface area contributed by atoms with Gasteiger partial charge in [-0.25, -0.2) is 0 Å². The summed E-state index contributed by atoms with van der Waals surface area (Å²) in [6.07, 6.45) is 0. The molecule has 1 fully saturated rings. The summed E-state index contributed by atoms with van der Waals surface area (Å²) >= 11 is 3.42. The van der Waals surface area contributed by atoms with Gasteiger partial charge in [-0.15, -0.1) is 0 Å². The van der Waals surface area contributed by atoms with Crippen molar-refractivity contribution in [3.8, 4) is 5.75 Å². The largest absolute Gasteiger partial charge is 0.483 e. The summed E-state index contributed by atoms with van der Waals surface area (Å²) in [4.78, 5) is 26.5. The lowest BCUT2D eigenvalue weighted by molar-refractivity contribution is -0.118. The van der Waals surface area contributed by atoms with Crippen LogP contribution in [0.2, 0.25) is 0 Å². The number of ether oxygens (including phenoxy) is 2. The number of morpholine rings is 1. The van der Waals surface area contributed by atoms with E-state index < -0.39 is 0 Å². The third kappa shape index (κ3) is 5.30. The molecule has 0 aliphatic carbocycles. The standard InChI is InChI=1S/C20H21BrN2O4/c1-14-5-6-18(17(21)11-14)27-13-19(24)22-16-4-2-3-15(12-16)20(25)23-7-9-26-10-8-23/h2-6,11-12H,7-10,13H2,1H3,(H,22,24). The molecule has 2 aromatic carbocycles. The summed E-state index contributed by atoms with van der Waals surface area (Å²) in [5.41, 5.74) is 2.20. The van der Waals surface area contributed by atoms with Crippen molar-refractivity contribution >= 4 is 33.4 Å². The summed E-state index contributed by atoms with van der Waals surface area (Å²) in [7, 11) is 0. The Morgan fingerprint density at radius 3 is 2.70 bits per heavy atom. The first-order chi connectivity index (χ1) is 13.0. The molecule has 27 heavy (non-hydrogen) atoms. The van der Waals surface area contributed by atoms with Gasteiger partial charge in [0.15, 0.2) is 6.61 Å². The highest BCUT2D eigenvalue weighted by Gasteiger charge is 2.18. The monoisotopic (exact) mass is 432 g/mol. The lowest BCUT2D eigenvalue weighted by Crippen LogP contribution is -2.40. The van der Waals surface area contributed by atoms with E-state index >= 15 is 0 Å². The van der Waals surface area contributed by atoms with E-state index in [0.717, 1.165) is 10.0 Å². The maximum Gasteiger partial charge on any atom is 0.262 e. The predicted molar refractivity (Wildman–Crippen MR) is 106 cm³/mol. The second-order valence-corrected chi connectivity index (χ2v) is 7.11. The average molecular weight is 433 g/mol. The molecule has 1 N–H and O–H groups in total. The van der Waals surface area contributed by atoms with E-state index in [1.807, 2.05) is 25.1 Å². The molecule has 7 heteroatoms. The molecule has 1 aliphatic rings. The number of rotatable bonds is 5. The molecule has 2 aromatic rings. The number of amides is 2. The first-order valence-electron chi connectivity index (χ1n) is 8.69. The fraction of sp³-hybridized carbons (Fsp3) is 0.300. The van der Waals surface area contributed by atoms with E-state index in [0.29, 0.717) is 43.3 Å². The van der Waals surface area contributed by atoms with Gasteiger partial charge in [-0.05, 0) is 58.7 Å². The van der Waals surface area contributed by atoms with Gasteiger partial charge in [0.25, 0.3) is 11.8 Å². The summed E-state index contributed by atoms with van der Waals surface area (Å²) in [6, 6.07) is 12.6. The molecule has 0 bridgehead atoms. The van der Waals surface area contributed by atoms with E-state index in [9.17, 15) is 9.59 Å². The number of hydrogen-bond acceptors (Lipinski definition) is 4. The second kappa shape index (κ2) is 9.01. The number of anilines is 1. The molecular formula is C20H21BrN2O4. The minimum atomic E-state index is -0.293. The number of aryl methyl sites for hydroxylation is 1. The topological polar surface area (TPSA) is 67.9 Å². The number of carbonyl (C=O) groups excluding carboxylic acids is 2. The number of carbonyl (C=O) groups is 2. The number of benzene rings is 2. The van der Waals surface area contributed by atoms with Crippen LogP contribution in [0.3, 0.4) is 0 Å².